The van der Waals surface area contributed by atoms with Gasteiger partial charge in [0.1, 0.15) is 0 Å². The molecule has 0 radical (unpaired) electrons. The fraction of sp³-hybridized carbons (Fsp3) is 0.500. The molecule has 0 aromatic carbocycles. The molecule has 0 amide bonds. The van der Waals surface area contributed by atoms with E-state index in [4.69, 9.17) is 0 Å². The number of rotatable bonds is 0. The predicted molar refractivity (Wildman–Crippen MR) is 21.9 cm³/mol. The van der Waals surface area contributed by atoms with E-state index in [-0.39, 0.29) is 6.42 Å². The first-order valence-corrected chi connectivity index (χ1v) is 2.09. The van der Waals surface area contributed by atoms with Crippen LogP contribution in [0.5, 0.6) is 0 Å². The van der Waals surface area contributed by atoms with Crippen LogP contribution in [-0.4, -0.2) is 6.54 Å². The van der Waals surface area contributed by atoms with Gasteiger partial charge in [0.05, 0.1) is 0 Å². The van der Waals surface area contributed by atoms with E-state index >= 15 is 0 Å². The van der Waals surface area contributed by atoms with Crippen LogP contribution in [0.25, 0.3) is 0 Å². The maximum Gasteiger partial charge on any atom is 0.218 e. The Balaban J connectivity index is 2.64. The van der Waals surface area contributed by atoms with Crippen molar-refractivity contribution in [1.82, 2.24) is 5.32 Å². The second-order valence-corrected chi connectivity index (χ2v) is 1.40. The van der Waals surface area contributed by atoms with E-state index in [0.29, 0.717) is 6.54 Å². The van der Waals surface area contributed by atoms with Gasteiger partial charge in [-0.15, -0.1) is 0 Å². The van der Waals surface area contributed by atoms with Crippen LogP contribution >= 0.6 is 0 Å². The standard InChI is InChI=1S/C4H5F2N/c5-3-1-2-7-4(3)6/h7H,1-2H2. The summed E-state index contributed by atoms with van der Waals surface area (Å²) < 4.78 is 23.5. The first-order chi connectivity index (χ1) is 3.30. The molecule has 0 fully saturated rings. The maximum atomic E-state index is 11.8. The molecule has 0 saturated heterocycles. The zero-order valence-electron chi connectivity index (χ0n) is 3.67. The average Bonchev–Trinajstić information content (AvgIpc) is 1.91. The molecule has 40 valence electrons. The van der Waals surface area contributed by atoms with Crippen molar-refractivity contribution in [2.75, 3.05) is 6.54 Å². The van der Waals surface area contributed by atoms with Crippen molar-refractivity contribution in [2.45, 2.75) is 6.42 Å². The molecule has 1 aliphatic rings. The Kier molecular flexibility index (Phi) is 0.964. The Hall–Kier alpha value is -0.600. The van der Waals surface area contributed by atoms with Crippen LogP contribution in [0, 0.1) is 0 Å². The van der Waals surface area contributed by atoms with Gasteiger partial charge in [0, 0.05) is 13.0 Å². The number of hydrogen-bond donors (Lipinski definition) is 1. The molecule has 0 bridgehead atoms. The van der Waals surface area contributed by atoms with Crippen molar-refractivity contribution in [3.05, 3.63) is 11.8 Å². The summed E-state index contributed by atoms with van der Waals surface area (Å²) in [7, 11) is 0. The largest absolute Gasteiger partial charge is 0.359 e. The molecule has 0 aromatic heterocycles. The Morgan fingerprint density at radius 1 is 1.43 bits per heavy atom. The molecule has 3 heteroatoms. The van der Waals surface area contributed by atoms with Crippen LogP contribution in [0.3, 0.4) is 0 Å². The van der Waals surface area contributed by atoms with Crippen LogP contribution < -0.4 is 5.32 Å². The minimum absolute atomic E-state index is 0.200. The monoisotopic (exact) mass is 105 g/mol. The van der Waals surface area contributed by atoms with Crippen LogP contribution in [0.2, 0.25) is 0 Å². The van der Waals surface area contributed by atoms with E-state index in [1.807, 2.05) is 0 Å². The number of hydrogen-bond acceptors (Lipinski definition) is 1. The second kappa shape index (κ2) is 1.48. The fourth-order valence-corrected chi connectivity index (χ4v) is 0.488. The van der Waals surface area contributed by atoms with Crippen molar-refractivity contribution < 1.29 is 8.78 Å². The van der Waals surface area contributed by atoms with E-state index in [2.05, 4.69) is 5.32 Å². The summed E-state index contributed by atoms with van der Waals surface area (Å²) in [5, 5.41) is 2.21. The van der Waals surface area contributed by atoms with E-state index in [1.54, 1.807) is 0 Å². The first-order valence-electron chi connectivity index (χ1n) is 2.09. The summed E-state index contributed by atoms with van der Waals surface area (Å²) in [5.74, 6) is -1.44. The van der Waals surface area contributed by atoms with E-state index in [1.165, 1.54) is 0 Å². The smallest absolute Gasteiger partial charge is 0.218 e. The number of nitrogens with one attached hydrogen (secondary N) is 1. The fourth-order valence-electron chi connectivity index (χ4n) is 0.488. The van der Waals surface area contributed by atoms with Gasteiger partial charge in [0.25, 0.3) is 0 Å². The quantitative estimate of drug-likeness (QED) is 0.454. The molecular weight excluding hydrogens is 100 g/mol. The zero-order chi connectivity index (χ0) is 5.28. The van der Waals surface area contributed by atoms with Gasteiger partial charge in [-0.25, -0.2) is 4.39 Å². The molecule has 1 rings (SSSR count). The van der Waals surface area contributed by atoms with Crippen molar-refractivity contribution in [1.29, 1.82) is 0 Å². The molecule has 0 saturated carbocycles. The third-order valence-electron chi connectivity index (χ3n) is 0.863. The van der Waals surface area contributed by atoms with Gasteiger partial charge >= 0.3 is 0 Å². The van der Waals surface area contributed by atoms with Crippen molar-refractivity contribution >= 4 is 0 Å². The third-order valence-corrected chi connectivity index (χ3v) is 0.863. The summed E-state index contributed by atoms with van der Waals surface area (Å²) in [6.45, 7) is 0.400. The lowest BCUT2D eigenvalue weighted by atomic mass is 10.4. The van der Waals surface area contributed by atoms with Gasteiger partial charge in [-0.1, -0.05) is 0 Å². The molecule has 0 aromatic rings. The molecule has 1 N–H and O–H groups in total. The van der Waals surface area contributed by atoms with Crippen LogP contribution in [-0.2, 0) is 0 Å². The van der Waals surface area contributed by atoms with Gasteiger partial charge in [-0.05, 0) is 0 Å². The van der Waals surface area contributed by atoms with Gasteiger partial charge in [-0.3, -0.25) is 0 Å². The summed E-state index contributed by atoms with van der Waals surface area (Å²) in [6, 6.07) is 0. The maximum absolute atomic E-state index is 11.8. The highest BCUT2D eigenvalue weighted by molar-refractivity contribution is 5.03. The molecule has 1 nitrogen and oxygen atoms in total. The molecular formula is C4H5F2N. The molecule has 1 aliphatic heterocycles. The Morgan fingerprint density at radius 3 is 2.29 bits per heavy atom. The van der Waals surface area contributed by atoms with E-state index in [0.717, 1.165) is 0 Å². The number of halogens is 2. The van der Waals surface area contributed by atoms with Gasteiger partial charge in [0.15, 0.2) is 5.83 Å². The molecule has 7 heavy (non-hydrogen) atoms. The van der Waals surface area contributed by atoms with Crippen molar-refractivity contribution in [3.63, 3.8) is 0 Å². The summed E-state index contributed by atoms with van der Waals surface area (Å²) in [5.41, 5.74) is 0. The predicted octanol–water partition coefficient (Wildman–Crippen LogP) is 1.09. The summed E-state index contributed by atoms with van der Waals surface area (Å²) in [6.07, 6.45) is 0.200. The summed E-state index contributed by atoms with van der Waals surface area (Å²) >= 11 is 0. The van der Waals surface area contributed by atoms with Gasteiger partial charge in [0.2, 0.25) is 5.95 Å². The Labute approximate surface area is 40.0 Å². The highest BCUT2D eigenvalue weighted by atomic mass is 19.2. The minimum atomic E-state index is -0.792. The third kappa shape index (κ3) is 0.706. The lowest BCUT2D eigenvalue weighted by molar-refractivity contribution is 0.524. The highest BCUT2D eigenvalue weighted by Crippen LogP contribution is 2.13. The minimum Gasteiger partial charge on any atom is -0.359 e. The van der Waals surface area contributed by atoms with Gasteiger partial charge in [-0.2, -0.15) is 4.39 Å². The SMILES string of the molecule is FC1=C(F)NCC1. The lowest BCUT2D eigenvalue weighted by Gasteiger charge is -1.83. The molecule has 0 spiro atoms. The van der Waals surface area contributed by atoms with E-state index in [9.17, 15) is 8.78 Å². The van der Waals surface area contributed by atoms with Crippen LogP contribution in [0.1, 0.15) is 6.42 Å². The average molecular weight is 105 g/mol. The lowest BCUT2D eigenvalue weighted by Crippen LogP contribution is -2.02. The molecule has 0 aliphatic carbocycles. The zero-order valence-corrected chi connectivity index (χ0v) is 3.67. The van der Waals surface area contributed by atoms with Crippen molar-refractivity contribution in [3.8, 4) is 0 Å². The van der Waals surface area contributed by atoms with Crippen LogP contribution in [0.4, 0.5) is 8.78 Å². The topological polar surface area (TPSA) is 12.0 Å². The second-order valence-electron chi connectivity index (χ2n) is 1.40. The normalized spacial score (nSPS) is 20.3. The van der Waals surface area contributed by atoms with Crippen molar-refractivity contribution in [2.24, 2.45) is 0 Å². The van der Waals surface area contributed by atoms with E-state index < -0.39 is 11.8 Å². The van der Waals surface area contributed by atoms with Gasteiger partial charge < -0.3 is 5.32 Å². The highest BCUT2D eigenvalue weighted by Gasteiger charge is 2.11. The first kappa shape index (κ1) is 4.56. The molecule has 1 heterocycles. The van der Waals surface area contributed by atoms with Crippen LogP contribution in [0.15, 0.2) is 11.8 Å². The Bertz CT molecular complexity index is 96.3. The molecule has 0 atom stereocenters. The summed E-state index contributed by atoms with van der Waals surface area (Å²) in [4.78, 5) is 0. The molecule has 0 unspecified atom stereocenters. The Morgan fingerprint density at radius 2 is 2.14 bits per heavy atom.